The lowest BCUT2D eigenvalue weighted by Gasteiger charge is -2.11. The molecule has 7 heteroatoms. The summed E-state index contributed by atoms with van der Waals surface area (Å²) in [6, 6.07) is 5.92. The van der Waals surface area contributed by atoms with Crippen LogP contribution in [0.1, 0.15) is 20.3 Å². The molecule has 0 fully saturated rings. The van der Waals surface area contributed by atoms with E-state index in [9.17, 15) is 0 Å². The van der Waals surface area contributed by atoms with Crippen LogP contribution in [0.15, 0.2) is 24.4 Å². The minimum atomic E-state index is 0.261. The van der Waals surface area contributed by atoms with E-state index in [-0.39, 0.29) is 6.79 Å². The minimum absolute atomic E-state index is 0.261. The monoisotopic (exact) mass is 287 g/mol. The van der Waals surface area contributed by atoms with Gasteiger partial charge in [0.05, 0.1) is 6.20 Å². The van der Waals surface area contributed by atoms with Crippen molar-refractivity contribution in [2.75, 3.05) is 17.4 Å². The van der Waals surface area contributed by atoms with Crippen LogP contribution < -0.4 is 20.1 Å². The van der Waals surface area contributed by atoms with Gasteiger partial charge in [-0.1, -0.05) is 6.92 Å². The van der Waals surface area contributed by atoms with Crippen molar-refractivity contribution in [3.05, 3.63) is 24.4 Å². The zero-order valence-electron chi connectivity index (χ0n) is 12.0. The first-order chi connectivity index (χ1) is 10.2. The van der Waals surface area contributed by atoms with Gasteiger partial charge in [0.2, 0.25) is 12.7 Å². The molecule has 1 atom stereocenters. The van der Waals surface area contributed by atoms with Crippen molar-refractivity contribution in [1.82, 2.24) is 15.2 Å². The molecule has 0 aliphatic carbocycles. The highest BCUT2D eigenvalue weighted by Gasteiger charge is 2.13. The number of hydrogen-bond acceptors (Lipinski definition) is 7. The molecule has 2 aromatic rings. The standard InChI is InChI=1S/C14H17N5O2/c1-3-9(2)16-14-18-13(7-15-19-14)17-10-4-5-11-12(6-10)21-8-20-11/h4-7,9H,3,8H2,1-2H3,(H2,16,17,18,19). The maximum atomic E-state index is 5.34. The lowest BCUT2D eigenvalue weighted by Crippen LogP contribution is -2.16. The average molecular weight is 287 g/mol. The zero-order chi connectivity index (χ0) is 14.7. The second-order valence-corrected chi connectivity index (χ2v) is 4.81. The summed E-state index contributed by atoms with van der Waals surface area (Å²) in [5.74, 6) is 2.60. The molecule has 7 nitrogen and oxygen atoms in total. The highest BCUT2D eigenvalue weighted by Crippen LogP contribution is 2.34. The van der Waals surface area contributed by atoms with Crippen molar-refractivity contribution in [2.24, 2.45) is 0 Å². The van der Waals surface area contributed by atoms with Crippen LogP contribution in [0.3, 0.4) is 0 Å². The van der Waals surface area contributed by atoms with Gasteiger partial charge in [0.25, 0.3) is 0 Å². The van der Waals surface area contributed by atoms with Gasteiger partial charge in [-0.3, -0.25) is 0 Å². The van der Waals surface area contributed by atoms with Gasteiger partial charge in [-0.05, 0) is 25.5 Å². The van der Waals surface area contributed by atoms with Gasteiger partial charge in [0.1, 0.15) is 0 Å². The SMILES string of the molecule is CCC(C)Nc1nncc(Nc2ccc3c(c2)OCO3)n1. The molecule has 1 aromatic carbocycles. The predicted molar refractivity (Wildman–Crippen MR) is 79.1 cm³/mol. The number of aromatic nitrogens is 3. The summed E-state index contributed by atoms with van der Waals surface area (Å²) >= 11 is 0. The van der Waals surface area contributed by atoms with E-state index in [2.05, 4.69) is 39.7 Å². The van der Waals surface area contributed by atoms with Crippen molar-refractivity contribution in [3.63, 3.8) is 0 Å². The molecule has 0 radical (unpaired) electrons. The zero-order valence-corrected chi connectivity index (χ0v) is 12.0. The molecule has 1 unspecified atom stereocenters. The Balaban J connectivity index is 1.74. The molecule has 0 spiro atoms. The van der Waals surface area contributed by atoms with Gasteiger partial charge in [-0.15, -0.1) is 5.10 Å². The number of ether oxygens (including phenoxy) is 2. The molecule has 0 bridgehead atoms. The fraction of sp³-hybridized carbons (Fsp3) is 0.357. The van der Waals surface area contributed by atoms with Crippen LogP contribution in [0.25, 0.3) is 0 Å². The van der Waals surface area contributed by atoms with E-state index in [1.807, 2.05) is 18.2 Å². The molecule has 110 valence electrons. The molecular weight excluding hydrogens is 270 g/mol. The van der Waals surface area contributed by atoms with Crippen LogP contribution in [-0.2, 0) is 0 Å². The summed E-state index contributed by atoms with van der Waals surface area (Å²) in [6.45, 7) is 4.43. The first-order valence-corrected chi connectivity index (χ1v) is 6.87. The molecule has 21 heavy (non-hydrogen) atoms. The van der Waals surface area contributed by atoms with Crippen molar-refractivity contribution in [2.45, 2.75) is 26.3 Å². The van der Waals surface area contributed by atoms with E-state index in [0.717, 1.165) is 23.6 Å². The van der Waals surface area contributed by atoms with Crippen molar-refractivity contribution >= 4 is 17.5 Å². The molecule has 0 saturated heterocycles. The molecule has 1 aromatic heterocycles. The van der Waals surface area contributed by atoms with E-state index >= 15 is 0 Å². The number of anilines is 3. The summed E-state index contributed by atoms with van der Waals surface area (Å²) in [6.07, 6.45) is 2.57. The molecule has 0 saturated carbocycles. The first kappa shape index (κ1) is 13.4. The number of hydrogen-bond donors (Lipinski definition) is 2. The minimum Gasteiger partial charge on any atom is -0.454 e. The van der Waals surface area contributed by atoms with E-state index in [1.165, 1.54) is 0 Å². The maximum absolute atomic E-state index is 5.34. The molecule has 1 aliphatic rings. The summed E-state index contributed by atoms with van der Waals surface area (Å²) < 4.78 is 10.6. The third-order valence-electron chi connectivity index (χ3n) is 3.19. The van der Waals surface area contributed by atoms with E-state index in [0.29, 0.717) is 17.8 Å². The van der Waals surface area contributed by atoms with Crippen molar-refractivity contribution in [3.8, 4) is 11.5 Å². The molecule has 2 heterocycles. The molecular formula is C14H17N5O2. The van der Waals surface area contributed by atoms with Gasteiger partial charge in [-0.25, -0.2) is 0 Å². The highest BCUT2D eigenvalue weighted by atomic mass is 16.7. The third-order valence-corrected chi connectivity index (χ3v) is 3.19. The van der Waals surface area contributed by atoms with Crippen LogP contribution in [0.4, 0.5) is 17.5 Å². The van der Waals surface area contributed by atoms with Gasteiger partial charge < -0.3 is 20.1 Å². The normalized spacial score (nSPS) is 13.8. The van der Waals surface area contributed by atoms with Gasteiger partial charge in [0.15, 0.2) is 17.3 Å². The Morgan fingerprint density at radius 2 is 2.14 bits per heavy atom. The Morgan fingerprint density at radius 3 is 3.00 bits per heavy atom. The number of nitrogens with one attached hydrogen (secondary N) is 2. The second kappa shape index (κ2) is 5.82. The smallest absolute Gasteiger partial charge is 0.244 e. The summed E-state index contributed by atoms with van der Waals surface area (Å²) in [5, 5.41) is 14.3. The van der Waals surface area contributed by atoms with E-state index in [1.54, 1.807) is 6.20 Å². The molecule has 3 rings (SSSR count). The Hall–Kier alpha value is -2.57. The number of fused-ring (bicyclic) bond motifs is 1. The highest BCUT2D eigenvalue weighted by molar-refractivity contribution is 5.61. The largest absolute Gasteiger partial charge is 0.454 e. The van der Waals surface area contributed by atoms with Gasteiger partial charge >= 0.3 is 0 Å². The lowest BCUT2D eigenvalue weighted by molar-refractivity contribution is 0.174. The Bertz CT molecular complexity index is 635. The second-order valence-electron chi connectivity index (χ2n) is 4.81. The fourth-order valence-electron chi connectivity index (χ4n) is 1.87. The number of nitrogens with zero attached hydrogens (tertiary/aromatic N) is 3. The lowest BCUT2D eigenvalue weighted by atomic mass is 10.3. The molecule has 2 N–H and O–H groups in total. The van der Waals surface area contributed by atoms with E-state index < -0.39 is 0 Å². The van der Waals surface area contributed by atoms with Crippen molar-refractivity contribution in [1.29, 1.82) is 0 Å². The third kappa shape index (κ3) is 3.13. The van der Waals surface area contributed by atoms with E-state index in [4.69, 9.17) is 9.47 Å². The Kier molecular flexibility index (Phi) is 3.72. The number of rotatable bonds is 5. The van der Waals surface area contributed by atoms with Gasteiger partial charge in [0, 0.05) is 17.8 Å². The summed E-state index contributed by atoms with van der Waals surface area (Å²) in [5.41, 5.74) is 0.856. The van der Waals surface area contributed by atoms with Crippen molar-refractivity contribution < 1.29 is 9.47 Å². The molecule has 1 aliphatic heterocycles. The first-order valence-electron chi connectivity index (χ1n) is 6.87. The van der Waals surface area contributed by atoms with Gasteiger partial charge in [-0.2, -0.15) is 10.1 Å². The Labute approximate surface area is 122 Å². The quantitative estimate of drug-likeness (QED) is 0.874. The number of benzene rings is 1. The van der Waals surface area contributed by atoms with Crippen LogP contribution in [0.5, 0.6) is 11.5 Å². The van der Waals surface area contributed by atoms with Crippen LogP contribution in [0.2, 0.25) is 0 Å². The fourth-order valence-corrected chi connectivity index (χ4v) is 1.87. The average Bonchev–Trinajstić information content (AvgIpc) is 2.95. The summed E-state index contributed by atoms with van der Waals surface area (Å²) in [7, 11) is 0. The topological polar surface area (TPSA) is 81.2 Å². The predicted octanol–water partition coefficient (Wildman–Crippen LogP) is 2.55. The Morgan fingerprint density at radius 1 is 1.29 bits per heavy atom. The van der Waals surface area contributed by atoms with Crippen LogP contribution in [-0.4, -0.2) is 28.0 Å². The van der Waals surface area contributed by atoms with Crippen LogP contribution >= 0.6 is 0 Å². The van der Waals surface area contributed by atoms with Crippen LogP contribution in [0, 0.1) is 0 Å². The summed E-state index contributed by atoms with van der Waals surface area (Å²) in [4.78, 5) is 4.38. The molecule has 0 amide bonds. The maximum Gasteiger partial charge on any atom is 0.244 e.